The minimum Gasteiger partial charge on any atom is -0.361 e. The summed E-state index contributed by atoms with van der Waals surface area (Å²) in [6.07, 6.45) is 10.3. The van der Waals surface area contributed by atoms with Crippen LogP contribution in [-0.2, 0) is 32.2 Å². The van der Waals surface area contributed by atoms with E-state index in [0.717, 1.165) is 50.3 Å². The largest absolute Gasteiger partial charge is 0.361 e. The molecule has 3 aromatic heterocycles. The third-order valence-electron chi connectivity index (χ3n) is 6.02. The summed E-state index contributed by atoms with van der Waals surface area (Å²) in [5, 5.41) is 10.5. The van der Waals surface area contributed by atoms with Crippen LogP contribution in [0.2, 0.25) is 0 Å². The van der Waals surface area contributed by atoms with Crippen LogP contribution in [-0.4, -0.2) is 29.7 Å². The first-order chi connectivity index (χ1) is 15.8. The molecule has 5 aromatic rings. The normalized spacial score (nSPS) is 11.4. The third-order valence-corrected chi connectivity index (χ3v) is 6.02. The van der Waals surface area contributed by atoms with Gasteiger partial charge in [-0.2, -0.15) is 0 Å². The smallest absolute Gasteiger partial charge is 0.137 e. The van der Waals surface area contributed by atoms with Gasteiger partial charge in [0.25, 0.3) is 0 Å². The number of aromatic nitrogens is 6. The lowest BCUT2D eigenvalue weighted by Gasteiger charge is -2.11. The molecule has 2 aromatic carbocycles. The number of hydrogen-bond donors (Lipinski definition) is 2. The Kier molecular flexibility index (Phi) is 5.83. The van der Waals surface area contributed by atoms with Crippen LogP contribution in [0.15, 0.2) is 67.3 Å². The molecule has 0 saturated heterocycles. The number of imidazole rings is 1. The number of hydrogen-bond acceptors (Lipinski definition) is 3. The first-order valence-electron chi connectivity index (χ1n) is 11.2. The van der Waals surface area contributed by atoms with E-state index in [1.807, 2.05) is 6.20 Å². The predicted octanol–water partition coefficient (Wildman–Crippen LogP) is 4.80. The van der Waals surface area contributed by atoms with Crippen LogP contribution in [0.5, 0.6) is 0 Å². The van der Waals surface area contributed by atoms with Crippen molar-refractivity contribution in [1.29, 1.82) is 0 Å². The maximum Gasteiger partial charge on any atom is 0.137 e. The Morgan fingerprint density at radius 2 is 1.81 bits per heavy atom. The molecule has 6 heteroatoms. The van der Waals surface area contributed by atoms with Gasteiger partial charge in [-0.05, 0) is 43.4 Å². The van der Waals surface area contributed by atoms with Crippen LogP contribution in [0.3, 0.4) is 0 Å². The number of H-pyrrole nitrogens is 2. The molecule has 2 N–H and O–H groups in total. The van der Waals surface area contributed by atoms with Gasteiger partial charge >= 0.3 is 0 Å². The standard InChI is InChI=1S/C26H28N6/c1-19-6-4-7-20(14-19)15-26-31-30-25(32(26)13-5-8-22-17-27-18-29-22)12-11-21-16-28-24-10-3-2-9-23(21)24/h2-4,6-7,9-10,14,16-18,28H,5,8,11-13,15H2,1H3,(H,27,29). The first-order valence-corrected chi connectivity index (χ1v) is 11.2. The van der Waals surface area contributed by atoms with Crippen LogP contribution in [0.25, 0.3) is 10.9 Å². The Bertz CT molecular complexity index is 1300. The number of aromatic amines is 2. The molecule has 0 unspecified atom stereocenters. The number of nitrogens with zero attached hydrogens (tertiary/aromatic N) is 4. The monoisotopic (exact) mass is 424 g/mol. The summed E-state index contributed by atoms with van der Waals surface area (Å²) < 4.78 is 2.33. The van der Waals surface area contributed by atoms with Crippen molar-refractivity contribution in [1.82, 2.24) is 29.7 Å². The molecule has 162 valence electrons. The Balaban J connectivity index is 1.35. The summed E-state index contributed by atoms with van der Waals surface area (Å²) in [6.45, 7) is 3.03. The van der Waals surface area contributed by atoms with Gasteiger partial charge in [0.15, 0.2) is 0 Å². The van der Waals surface area contributed by atoms with Gasteiger partial charge in [-0.1, -0.05) is 48.0 Å². The topological polar surface area (TPSA) is 75.2 Å². The van der Waals surface area contributed by atoms with Crippen molar-refractivity contribution in [2.75, 3.05) is 0 Å². The van der Waals surface area contributed by atoms with Crippen molar-refractivity contribution in [2.24, 2.45) is 0 Å². The average Bonchev–Trinajstić information content (AvgIpc) is 3.54. The van der Waals surface area contributed by atoms with E-state index in [-0.39, 0.29) is 0 Å². The lowest BCUT2D eigenvalue weighted by Crippen LogP contribution is -2.10. The molecule has 0 fully saturated rings. The molecule has 0 aliphatic rings. The lowest BCUT2D eigenvalue weighted by molar-refractivity contribution is 0.585. The van der Waals surface area contributed by atoms with E-state index in [1.54, 1.807) is 6.33 Å². The predicted molar refractivity (Wildman–Crippen MR) is 127 cm³/mol. The fourth-order valence-corrected chi connectivity index (χ4v) is 4.38. The summed E-state index contributed by atoms with van der Waals surface area (Å²) >= 11 is 0. The SMILES string of the molecule is Cc1cccc(Cc2nnc(CCc3c[nH]c4ccccc34)n2CCCc2cnc[nH]2)c1. The molecule has 0 aliphatic heterocycles. The Labute approximate surface area is 187 Å². The number of nitrogens with one attached hydrogen (secondary N) is 2. The highest BCUT2D eigenvalue weighted by atomic mass is 15.3. The van der Waals surface area contributed by atoms with Crippen molar-refractivity contribution < 1.29 is 0 Å². The van der Waals surface area contributed by atoms with Crippen LogP contribution in [0.1, 0.15) is 40.5 Å². The minimum atomic E-state index is 0.797. The Morgan fingerprint density at radius 3 is 2.69 bits per heavy atom. The number of fused-ring (bicyclic) bond motifs is 1. The number of rotatable bonds is 9. The second kappa shape index (κ2) is 9.22. The zero-order valence-electron chi connectivity index (χ0n) is 18.4. The lowest BCUT2D eigenvalue weighted by atomic mass is 10.1. The quantitative estimate of drug-likeness (QED) is 0.357. The van der Waals surface area contributed by atoms with Gasteiger partial charge in [-0.3, -0.25) is 0 Å². The zero-order chi connectivity index (χ0) is 21.8. The van der Waals surface area contributed by atoms with Crippen LogP contribution in [0.4, 0.5) is 0 Å². The second-order valence-corrected chi connectivity index (χ2v) is 8.39. The molecule has 0 atom stereocenters. The van der Waals surface area contributed by atoms with Crippen LogP contribution >= 0.6 is 0 Å². The number of para-hydroxylation sites is 1. The van der Waals surface area contributed by atoms with Gasteiger partial charge in [-0.15, -0.1) is 10.2 Å². The highest BCUT2D eigenvalue weighted by molar-refractivity contribution is 5.83. The van der Waals surface area contributed by atoms with Crippen molar-refractivity contribution in [3.63, 3.8) is 0 Å². The molecule has 0 spiro atoms. The van der Waals surface area contributed by atoms with Crippen molar-refractivity contribution >= 4 is 10.9 Å². The summed E-state index contributed by atoms with van der Waals surface area (Å²) in [6, 6.07) is 17.1. The summed E-state index contributed by atoms with van der Waals surface area (Å²) in [5.41, 5.74) is 6.22. The molecule has 32 heavy (non-hydrogen) atoms. The van der Waals surface area contributed by atoms with Gasteiger partial charge in [0.1, 0.15) is 11.6 Å². The van der Waals surface area contributed by atoms with E-state index < -0.39 is 0 Å². The van der Waals surface area contributed by atoms with E-state index in [0.29, 0.717) is 0 Å². The number of aryl methyl sites for hydroxylation is 4. The number of benzene rings is 2. The van der Waals surface area contributed by atoms with Gasteiger partial charge in [0, 0.05) is 48.4 Å². The Morgan fingerprint density at radius 1 is 0.906 bits per heavy atom. The van der Waals surface area contributed by atoms with Gasteiger partial charge < -0.3 is 14.5 Å². The fraction of sp³-hybridized carbons (Fsp3) is 0.269. The molecule has 5 rings (SSSR count). The van der Waals surface area contributed by atoms with E-state index >= 15 is 0 Å². The molecule has 3 heterocycles. The zero-order valence-corrected chi connectivity index (χ0v) is 18.4. The van der Waals surface area contributed by atoms with E-state index in [4.69, 9.17) is 0 Å². The van der Waals surface area contributed by atoms with Gasteiger partial charge in [0.2, 0.25) is 0 Å². The maximum atomic E-state index is 4.61. The van der Waals surface area contributed by atoms with Crippen molar-refractivity contribution in [3.8, 4) is 0 Å². The Hall–Kier alpha value is -3.67. The average molecular weight is 425 g/mol. The summed E-state index contributed by atoms with van der Waals surface area (Å²) in [7, 11) is 0. The van der Waals surface area contributed by atoms with E-state index in [2.05, 4.69) is 91.4 Å². The van der Waals surface area contributed by atoms with Crippen LogP contribution < -0.4 is 0 Å². The van der Waals surface area contributed by atoms with E-state index in [9.17, 15) is 0 Å². The highest BCUT2D eigenvalue weighted by Crippen LogP contribution is 2.20. The molecule has 0 aliphatic carbocycles. The van der Waals surface area contributed by atoms with Gasteiger partial charge in [-0.25, -0.2) is 4.98 Å². The maximum absolute atomic E-state index is 4.61. The third kappa shape index (κ3) is 4.49. The van der Waals surface area contributed by atoms with Crippen molar-refractivity contribution in [2.45, 2.75) is 45.6 Å². The molecule has 0 saturated carbocycles. The summed E-state index contributed by atoms with van der Waals surface area (Å²) in [4.78, 5) is 10.7. The molecule has 0 radical (unpaired) electrons. The van der Waals surface area contributed by atoms with Crippen LogP contribution in [0, 0.1) is 6.92 Å². The molecule has 0 bridgehead atoms. The molecular weight excluding hydrogens is 396 g/mol. The summed E-state index contributed by atoms with van der Waals surface area (Å²) in [5.74, 6) is 2.09. The molecule has 6 nitrogen and oxygen atoms in total. The van der Waals surface area contributed by atoms with Gasteiger partial charge in [0.05, 0.1) is 6.33 Å². The fourth-order valence-electron chi connectivity index (χ4n) is 4.38. The van der Waals surface area contributed by atoms with E-state index in [1.165, 1.54) is 33.3 Å². The van der Waals surface area contributed by atoms with Crippen molar-refractivity contribution in [3.05, 3.63) is 101 Å². The minimum absolute atomic E-state index is 0.797. The molecular formula is C26H28N6. The highest BCUT2D eigenvalue weighted by Gasteiger charge is 2.14. The first kappa shape index (κ1) is 20.2. The molecule has 0 amide bonds. The second-order valence-electron chi connectivity index (χ2n) is 8.39.